The van der Waals surface area contributed by atoms with Crippen molar-refractivity contribution in [3.8, 4) is 11.1 Å². The Morgan fingerprint density at radius 1 is 1.00 bits per heavy atom. The SMILES string of the molecule is Fc1cccc(Cn2cnc3ccc(-c4cc(NC5CCC(NCc6nccs6)CC5)ncc4Cl)cc32)c1. The molecule has 0 aliphatic heterocycles. The number of halogens is 2. The van der Waals surface area contributed by atoms with Crippen LogP contribution in [-0.4, -0.2) is 31.6 Å². The van der Waals surface area contributed by atoms with E-state index in [9.17, 15) is 4.39 Å². The van der Waals surface area contributed by atoms with Crippen molar-refractivity contribution in [2.24, 2.45) is 0 Å². The van der Waals surface area contributed by atoms with Crippen LogP contribution in [0.1, 0.15) is 36.3 Å². The van der Waals surface area contributed by atoms with Crippen molar-refractivity contribution in [2.75, 3.05) is 5.32 Å². The largest absolute Gasteiger partial charge is 0.367 e. The summed E-state index contributed by atoms with van der Waals surface area (Å²) in [6.45, 7) is 1.38. The van der Waals surface area contributed by atoms with E-state index in [2.05, 4.69) is 31.7 Å². The van der Waals surface area contributed by atoms with E-state index in [1.54, 1.807) is 36.0 Å². The van der Waals surface area contributed by atoms with Crippen LogP contribution < -0.4 is 10.6 Å². The van der Waals surface area contributed by atoms with Crippen LogP contribution in [0.25, 0.3) is 22.2 Å². The molecule has 0 atom stereocenters. The van der Waals surface area contributed by atoms with Gasteiger partial charge in [0.2, 0.25) is 0 Å². The Balaban J connectivity index is 1.15. The maximum atomic E-state index is 13.7. The number of hydrogen-bond donors (Lipinski definition) is 2. The van der Waals surface area contributed by atoms with Crippen LogP contribution in [0.3, 0.4) is 0 Å². The van der Waals surface area contributed by atoms with E-state index in [-0.39, 0.29) is 5.82 Å². The van der Waals surface area contributed by atoms with Crippen LogP contribution in [0.15, 0.2) is 72.6 Å². The third kappa shape index (κ3) is 5.72. The first-order chi connectivity index (χ1) is 18.6. The summed E-state index contributed by atoms with van der Waals surface area (Å²) >= 11 is 8.31. The molecule has 3 heterocycles. The lowest BCUT2D eigenvalue weighted by molar-refractivity contribution is 0.352. The van der Waals surface area contributed by atoms with Crippen LogP contribution in [0.4, 0.5) is 10.2 Å². The van der Waals surface area contributed by atoms with Gasteiger partial charge in [0.15, 0.2) is 0 Å². The summed E-state index contributed by atoms with van der Waals surface area (Å²) in [5.41, 5.74) is 4.65. The van der Waals surface area contributed by atoms with Gasteiger partial charge in [0.1, 0.15) is 16.6 Å². The van der Waals surface area contributed by atoms with Crippen LogP contribution in [-0.2, 0) is 13.1 Å². The average Bonchev–Trinajstić information content (AvgIpc) is 3.59. The zero-order valence-corrected chi connectivity index (χ0v) is 22.4. The number of imidazole rings is 1. The second kappa shape index (κ2) is 11.2. The van der Waals surface area contributed by atoms with E-state index < -0.39 is 0 Å². The predicted molar refractivity (Wildman–Crippen MR) is 152 cm³/mol. The maximum Gasteiger partial charge on any atom is 0.126 e. The van der Waals surface area contributed by atoms with Crippen molar-refractivity contribution in [2.45, 2.75) is 50.9 Å². The molecule has 0 saturated heterocycles. The molecule has 0 amide bonds. The Morgan fingerprint density at radius 3 is 2.68 bits per heavy atom. The number of thiazole rings is 1. The highest BCUT2D eigenvalue weighted by Crippen LogP contribution is 2.32. The summed E-state index contributed by atoms with van der Waals surface area (Å²) in [6.07, 6.45) is 9.78. The molecule has 9 heteroatoms. The van der Waals surface area contributed by atoms with Gasteiger partial charge in [-0.05, 0) is 67.1 Å². The van der Waals surface area contributed by atoms with E-state index in [4.69, 9.17) is 11.6 Å². The summed E-state index contributed by atoms with van der Waals surface area (Å²) in [5.74, 6) is 0.591. The second-order valence-corrected chi connectivity index (χ2v) is 11.1. The monoisotopic (exact) mass is 546 g/mol. The first-order valence-corrected chi connectivity index (χ1v) is 14.1. The minimum Gasteiger partial charge on any atom is -0.367 e. The number of aromatic nitrogens is 4. The Labute approximate surface area is 229 Å². The van der Waals surface area contributed by atoms with E-state index in [0.717, 1.165) is 70.8 Å². The van der Waals surface area contributed by atoms with E-state index in [1.807, 2.05) is 40.4 Å². The molecule has 2 N–H and O–H groups in total. The third-order valence-corrected chi connectivity index (χ3v) is 8.21. The van der Waals surface area contributed by atoms with Gasteiger partial charge in [-0.3, -0.25) is 0 Å². The zero-order chi connectivity index (χ0) is 25.9. The minimum absolute atomic E-state index is 0.239. The Hall–Kier alpha value is -3.33. The van der Waals surface area contributed by atoms with Gasteiger partial charge in [-0.2, -0.15) is 0 Å². The molecular weight excluding hydrogens is 519 g/mol. The fourth-order valence-corrected chi connectivity index (χ4v) is 5.92. The van der Waals surface area contributed by atoms with Gasteiger partial charge in [-0.25, -0.2) is 19.3 Å². The Morgan fingerprint density at radius 2 is 1.87 bits per heavy atom. The number of nitrogens with zero attached hydrogens (tertiary/aromatic N) is 4. The molecule has 1 saturated carbocycles. The van der Waals surface area contributed by atoms with Crippen molar-refractivity contribution in [3.05, 3.63) is 94.0 Å². The van der Waals surface area contributed by atoms with Gasteiger partial charge in [0, 0.05) is 48.5 Å². The van der Waals surface area contributed by atoms with Crippen molar-refractivity contribution >= 4 is 39.8 Å². The minimum atomic E-state index is -0.239. The molecule has 0 unspecified atom stereocenters. The number of nitrogens with one attached hydrogen (secondary N) is 2. The number of fused-ring (bicyclic) bond motifs is 1. The summed E-state index contributed by atoms with van der Waals surface area (Å²) < 4.78 is 15.7. The molecule has 38 heavy (non-hydrogen) atoms. The molecule has 0 radical (unpaired) electrons. The highest BCUT2D eigenvalue weighted by atomic mass is 35.5. The van der Waals surface area contributed by atoms with Gasteiger partial charge < -0.3 is 15.2 Å². The second-order valence-electron chi connectivity index (χ2n) is 9.75. The van der Waals surface area contributed by atoms with Crippen LogP contribution in [0.5, 0.6) is 0 Å². The van der Waals surface area contributed by atoms with E-state index in [1.165, 1.54) is 6.07 Å². The Bertz CT molecular complexity index is 1530. The predicted octanol–water partition coefficient (Wildman–Crippen LogP) is 6.91. The number of pyridine rings is 1. The summed E-state index contributed by atoms with van der Waals surface area (Å²) in [4.78, 5) is 13.4. The molecule has 1 aliphatic carbocycles. The van der Waals surface area contributed by atoms with Gasteiger partial charge in [0.05, 0.1) is 22.4 Å². The molecular formula is C29H28ClFN6S. The van der Waals surface area contributed by atoms with E-state index >= 15 is 0 Å². The molecule has 3 aromatic heterocycles. The normalized spacial score (nSPS) is 17.6. The number of hydrogen-bond acceptors (Lipinski definition) is 6. The number of anilines is 1. The van der Waals surface area contributed by atoms with Gasteiger partial charge in [-0.1, -0.05) is 29.8 Å². The quantitative estimate of drug-likeness (QED) is 0.221. The lowest BCUT2D eigenvalue weighted by Crippen LogP contribution is -2.36. The molecule has 2 aromatic carbocycles. The first kappa shape index (κ1) is 25.0. The van der Waals surface area contributed by atoms with E-state index in [0.29, 0.717) is 23.7 Å². The lowest BCUT2D eigenvalue weighted by Gasteiger charge is -2.30. The standard InChI is InChI=1S/C29H28ClFN6S/c30-25-15-34-28(36-23-7-5-22(6-8-23)33-16-29-32-10-11-38-29)14-24(25)20-4-9-26-27(13-20)37(18-35-26)17-19-2-1-3-21(31)12-19/h1-4,9-15,18,22-23,33H,5-8,16-17H2,(H,34,36). The van der Waals surface area contributed by atoms with Crippen LogP contribution in [0, 0.1) is 5.82 Å². The number of rotatable bonds is 8. The van der Waals surface area contributed by atoms with Crippen LogP contribution >= 0.6 is 22.9 Å². The smallest absolute Gasteiger partial charge is 0.126 e. The lowest BCUT2D eigenvalue weighted by atomic mass is 9.91. The topological polar surface area (TPSA) is 67.7 Å². The van der Waals surface area contributed by atoms with Crippen LogP contribution in [0.2, 0.25) is 5.02 Å². The van der Waals surface area contributed by atoms with Gasteiger partial charge >= 0.3 is 0 Å². The average molecular weight is 547 g/mol. The molecule has 0 bridgehead atoms. The molecule has 194 valence electrons. The molecule has 6 rings (SSSR count). The van der Waals surface area contributed by atoms with Crippen molar-refractivity contribution in [3.63, 3.8) is 0 Å². The summed E-state index contributed by atoms with van der Waals surface area (Å²) in [6, 6.07) is 15.7. The maximum absolute atomic E-state index is 13.7. The van der Waals surface area contributed by atoms with Crippen molar-refractivity contribution < 1.29 is 4.39 Å². The highest BCUT2D eigenvalue weighted by molar-refractivity contribution is 7.09. The number of benzene rings is 2. The molecule has 1 fully saturated rings. The molecule has 0 spiro atoms. The molecule has 6 nitrogen and oxygen atoms in total. The van der Waals surface area contributed by atoms with Gasteiger partial charge in [-0.15, -0.1) is 11.3 Å². The highest BCUT2D eigenvalue weighted by Gasteiger charge is 2.21. The third-order valence-electron chi connectivity index (χ3n) is 7.13. The summed E-state index contributed by atoms with van der Waals surface area (Å²) in [5, 5.41) is 11.0. The molecule has 1 aliphatic rings. The van der Waals surface area contributed by atoms with Gasteiger partial charge in [0.25, 0.3) is 0 Å². The molecule has 5 aromatic rings. The zero-order valence-electron chi connectivity index (χ0n) is 20.8. The fraction of sp³-hybridized carbons (Fsp3) is 0.276. The first-order valence-electron chi connectivity index (χ1n) is 12.8. The fourth-order valence-electron chi connectivity index (χ4n) is 5.14. The summed E-state index contributed by atoms with van der Waals surface area (Å²) in [7, 11) is 0. The Kier molecular flexibility index (Phi) is 7.35. The van der Waals surface area contributed by atoms with Crippen molar-refractivity contribution in [1.29, 1.82) is 0 Å². The van der Waals surface area contributed by atoms with Crippen molar-refractivity contribution in [1.82, 2.24) is 24.8 Å².